The third-order valence-electron chi connectivity index (χ3n) is 4.43. The number of carboxylic acids is 1. The number of aliphatic carboxylic acids is 1. The van der Waals surface area contributed by atoms with Gasteiger partial charge in [0, 0.05) is 25.9 Å². The van der Waals surface area contributed by atoms with E-state index in [2.05, 4.69) is 6.92 Å². The summed E-state index contributed by atoms with van der Waals surface area (Å²) >= 11 is 0. The van der Waals surface area contributed by atoms with Crippen LogP contribution in [-0.4, -0.2) is 47.2 Å². The maximum Gasteiger partial charge on any atom is 0.303 e. The quantitative estimate of drug-likeness (QED) is 0.838. The van der Waals surface area contributed by atoms with Crippen molar-refractivity contribution in [3.05, 3.63) is 0 Å². The molecule has 2 unspecified atom stereocenters. The number of carbonyl (C=O) groups is 2. The van der Waals surface area contributed by atoms with Crippen molar-refractivity contribution in [2.24, 2.45) is 5.92 Å². The largest absolute Gasteiger partial charge is 0.481 e. The Labute approximate surface area is 120 Å². The molecule has 2 aliphatic rings. The van der Waals surface area contributed by atoms with Gasteiger partial charge in [0.05, 0.1) is 12.2 Å². The van der Waals surface area contributed by atoms with Crippen LogP contribution in [0.15, 0.2) is 0 Å². The van der Waals surface area contributed by atoms with E-state index < -0.39 is 5.97 Å². The molecule has 2 rings (SSSR count). The molecule has 1 N–H and O–H groups in total. The van der Waals surface area contributed by atoms with Crippen molar-refractivity contribution in [2.45, 2.75) is 64.1 Å². The number of carboxylic acid groups (broad SMARTS) is 1. The van der Waals surface area contributed by atoms with Crippen molar-refractivity contribution in [2.75, 3.05) is 13.1 Å². The van der Waals surface area contributed by atoms with Gasteiger partial charge < -0.3 is 14.7 Å². The normalized spacial score (nSPS) is 27.8. The van der Waals surface area contributed by atoms with Crippen LogP contribution in [0.4, 0.5) is 0 Å². The molecule has 0 aromatic heterocycles. The van der Waals surface area contributed by atoms with Crippen LogP contribution in [-0.2, 0) is 14.3 Å². The Morgan fingerprint density at radius 3 is 2.45 bits per heavy atom. The summed E-state index contributed by atoms with van der Waals surface area (Å²) in [6.45, 7) is 3.49. The van der Waals surface area contributed by atoms with Gasteiger partial charge in [0.2, 0.25) is 5.91 Å². The average Bonchev–Trinajstić information content (AvgIpc) is 2.82. The lowest BCUT2D eigenvalue weighted by Crippen LogP contribution is -2.39. The molecular weight excluding hydrogens is 258 g/mol. The lowest BCUT2D eigenvalue weighted by Gasteiger charge is -2.31. The minimum atomic E-state index is -0.734. The van der Waals surface area contributed by atoms with Crippen LogP contribution < -0.4 is 0 Å². The summed E-state index contributed by atoms with van der Waals surface area (Å²) in [6, 6.07) is 0. The predicted molar refractivity (Wildman–Crippen MR) is 74.4 cm³/mol. The zero-order valence-corrected chi connectivity index (χ0v) is 12.2. The van der Waals surface area contributed by atoms with Gasteiger partial charge in [-0.05, 0) is 44.9 Å². The summed E-state index contributed by atoms with van der Waals surface area (Å²) in [5.41, 5.74) is 0. The second-order valence-corrected chi connectivity index (χ2v) is 6.11. The molecule has 20 heavy (non-hydrogen) atoms. The standard InChI is InChI=1S/C15H25NO4/c1-11-2-3-13(20-11)4-5-14(17)16-8-6-12(7-9-16)10-15(18)19/h11-13H,2-10H2,1H3,(H,18,19). The summed E-state index contributed by atoms with van der Waals surface area (Å²) in [5, 5.41) is 8.77. The third kappa shape index (κ3) is 4.47. The summed E-state index contributed by atoms with van der Waals surface area (Å²) < 4.78 is 5.72. The van der Waals surface area contributed by atoms with Crippen molar-refractivity contribution >= 4 is 11.9 Å². The zero-order chi connectivity index (χ0) is 14.5. The van der Waals surface area contributed by atoms with Gasteiger partial charge in [-0.25, -0.2) is 0 Å². The second kappa shape index (κ2) is 7.07. The molecule has 0 aromatic rings. The zero-order valence-electron chi connectivity index (χ0n) is 12.2. The lowest BCUT2D eigenvalue weighted by molar-refractivity contribution is -0.138. The van der Waals surface area contributed by atoms with Crippen molar-refractivity contribution in [1.29, 1.82) is 0 Å². The fourth-order valence-corrected chi connectivity index (χ4v) is 3.17. The number of hydrogen-bond donors (Lipinski definition) is 1. The van der Waals surface area contributed by atoms with Crippen molar-refractivity contribution in [1.82, 2.24) is 4.90 Å². The first-order chi connectivity index (χ1) is 9.54. The number of ether oxygens (including phenoxy) is 1. The van der Waals surface area contributed by atoms with Crippen LogP contribution in [0.1, 0.15) is 51.9 Å². The molecule has 114 valence electrons. The molecule has 2 atom stereocenters. The molecule has 0 aliphatic carbocycles. The maximum absolute atomic E-state index is 12.1. The fourth-order valence-electron chi connectivity index (χ4n) is 3.17. The van der Waals surface area contributed by atoms with E-state index in [1.807, 2.05) is 4.90 Å². The highest BCUT2D eigenvalue weighted by molar-refractivity contribution is 5.76. The maximum atomic E-state index is 12.1. The number of nitrogens with zero attached hydrogens (tertiary/aromatic N) is 1. The Balaban J connectivity index is 1.65. The fraction of sp³-hybridized carbons (Fsp3) is 0.867. The topological polar surface area (TPSA) is 66.8 Å². The molecular formula is C15H25NO4. The van der Waals surface area contributed by atoms with E-state index in [0.29, 0.717) is 25.6 Å². The molecule has 5 heteroatoms. The smallest absolute Gasteiger partial charge is 0.303 e. The Kier molecular flexibility index (Phi) is 5.40. The molecule has 0 radical (unpaired) electrons. The van der Waals surface area contributed by atoms with Crippen LogP contribution in [0.2, 0.25) is 0 Å². The average molecular weight is 283 g/mol. The summed E-state index contributed by atoms with van der Waals surface area (Å²) in [5.74, 6) is -0.306. The number of rotatable bonds is 5. The van der Waals surface area contributed by atoms with Gasteiger partial charge in [-0.1, -0.05) is 0 Å². The van der Waals surface area contributed by atoms with Crippen molar-refractivity contribution < 1.29 is 19.4 Å². The highest BCUT2D eigenvalue weighted by Crippen LogP contribution is 2.24. The Bertz CT molecular complexity index is 350. The van der Waals surface area contributed by atoms with E-state index >= 15 is 0 Å². The summed E-state index contributed by atoms with van der Waals surface area (Å²) in [6.07, 6.45) is 5.98. The van der Waals surface area contributed by atoms with Gasteiger partial charge in [-0.2, -0.15) is 0 Å². The van der Waals surface area contributed by atoms with Crippen LogP contribution in [0.3, 0.4) is 0 Å². The Morgan fingerprint density at radius 2 is 1.90 bits per heavy atom. The molecule has 0 saturated carbocycles. The van der Waals surface area contributed by atoms with Crippen LogP contribution >= 0.6 is 0 Å². The predicted octanol–water partition coefficient (Wildman–Crippen LogP) is 2.05. The minimum absolute atomic E-state index is 0.196. The number of hydrogen-bond acceptors (Lipinski definition) is 3. The van der Waals surface area contributed by atoms with E-state index in [0.717, 1.165) is 32.1 Å². The van der Waals surface area contributed by atoms with E-state index in [1.54, 1.807) is 0 Å². The van der Waals surface area contributed by atoms with Gasteiger partial charge in [0.15, 0.2) is 0 Å². The molecule has 0 aromatic carbocycles. The Hall–Kier alpha value is -1.10. The van der Waals surface area contributed by atoms with E-state index in [9.17, 15) is 9.59 Å². The number of carbonyl (C=O) groups excluding carboxylic acids is 1. The summed E-state index contributed by atoms with van der Waals surface area (Å²) in [7, 11) is 0. The first-order valence-corrected chi connectivity index (χ1v) is 7.69. The van der Waals surface area contributed by atoms with E-state index in [1.165, 1.54) is 0 Å². The van der Waals surface area contributed by atoms with Crippen molar-refractivity contribution in [3.8, 4) is 0 Å². The molecule has 0 spiro atoms. The molecule has 1 amide bonds. The van der Waals surface area contributed by atoms with Gasteiger partial charge >= 0.3 is 5.97 Å². The second-order valence-electron chi connectivity index (χ2n) is 6.11. The molecule has 5 nitrogen and oxygen atoms in total. The molecule has 0 bridgehead atoms. The first kappa shape index (κ1) is 15.3. The lowest BCUT2D eigenvalue weighted by atomic mass is 9.93. The summed E-state index contributed by atoms with van der Waals surface area (Å²) in [4.78, 5) is 24.7. The SMILES string of the molecule is CC1CCC(CCC(=O)N2CCC(CC(=O)O)CC2)O1. The number of likely N-dealkylation sites (tertiary alicyclic amines) is 1. The first-order valence-electron chi connectivity index (χ1n) is 7.69. The Morgan fingerprint density at radius 1 is 1.20 bits per heavy atom. The highest BCUT2D eigenvalue weighted by atomic mass is 16.5. The monoisotopic (exact) mass is 283 g/mol. The van der Waals surface area contributed by atoms with E-state index in [4.69, 9.17) is 9.84 Å². The van der Waals surface area contributed by atoms with Crippen LogP contribution in [0.5, 0.6) is 0 Å². The highest BCUT2D eigenvalue weighted by Gasteiger charge is 2.26. The van der Waals surface area contributed by atoms with Crippen LogP contribution in [0, 0.1) is 5.92 Å². The minimum Gasteiger partial charge on any atom is -0.481 e. The van der Waals surface area contributed by atoms with Crippen molar-refractivity contribution in [3.63, 3.8) is 0 Å². The third-order valence-corrected chi connectivity index (χ3v) is 4.43. The molecule has 2 heterocycles. The molecule has 2 aliphatic heterocycles. The van der Waals surface area contributed by atoms with Gasteiger partial charge in [0.1, 0.15) is 0 Å². The van der Waals surface area contributed by atoms with Gasteiger partial charge in [0.25, 0.3) is 0 Å². The van der Waals surface area contributed by atoms with E-state index in [-0.39, 0.29) is 24.3 Å². The van der Waals surface area contributed by atoms with Gasteiger partial charge in [-0.3, -0.25) is 9.59 Å². The number of amides is 1. The molecule has 2 fully saturated rings. The molecule has 2 saturated heterocycles. The number of piperidine rings is 1. The van der Waals surface area contributed by atoms with Crippen LogP contribution in [0.25, 0.3) is 0 Å². The van der Waals surface area contributed by atoms with Gasteiger partial charge in [-0.15, -0.1) is 0 Å².